The zero-order valence-electron chi connectivity index (χ0n) is 13.2. The molecular formula is C17H14BrN3O3S. The lowest BCUT2D eigenvalue weighted by Gasteiger charge is -2.06. The number of fused-ring (bicyclic) bond motifs is 1. The van der Waals surface area contributed by atoms with Crippen molar-refractivity contribution in [2.75, 3.05) is 18.2 Å². The Hall–Kier alpha value is -2.32. The van der Waals surface area contributed by atoms with Crippen molar-refractivity contribution in [2.45, 2.75) is 5.16 Å². The third-order valence-electron chi connectivity index (χ3n) is 3.33. The van der Waals surface area contributed by atoms with E-state index in [1.165, 1.54) is 18.9 Å². The number of hydrogen-bond acceptors (Lipinski definition) is 5. The second-order valence-corrected chi connectivity index (χ2v) is 6.99. The highest BCUT2D eigenvalue weighted by molar-refractivity contribution is 9.10. The number of carbonyl (C=O) groups is 2. The smallest absolute Gasteiger partial charge is 0.337 e. The Balaban J connectivity index is 1.61. The molecule has 0 aliphatic carbocycles. The number of methoxy groups -OCH3 is 1. The summed E-state index contributed by atoms with van der Waals surface area (Å²) in [4.78, 5) is 31.2. The molecule has 8 heteroatoms. The average molecular weight is 420 g/mol. The van der Waals surface area contributed by atoms with Gasteiger partial charge in [-0.25, -0.2) is 9.78 Å². The number of anilines is 1. The highest BCUT2D eigenvalue weighted by Gasteiger charge is 2.10. The maximum atomic E-state index is 12.1. The summed E-state index contributed by atoms with van der Waals surface area (Å²) >= 11 is 4.72. The Labute approximate surface area is 156 Å². The van der Waals surface area contributed by atoms with E-state index in [0.717, 1.165) is 15.5 Å². The lowest BCUT2D eigenvalue weighted by molar-refractivity contribution is -0.113. The summed E-state index contributed by atoms with van der Waals surface area (Å²) in [6.45, 7) is 0. The molecule has 1 aromatic heterocycles. The second-order valence-electron chi connectivity index (χ2n) is 5.11. The van der Waals surface area contributed by atoms with Crippen molar-refractivity contribution < 1.29 is 14.3 Å². The van der Waals surface area contributed by atoms with Crippen LogP contribution >= 0.6 is 27.7 Å². The molecule has 0 bridgehead atoms. The first-order valence-corrected chi connectivity index (χ1v) is 9.09. The van der Waals surface area contributed by atoms with E-state index in [1.54, 1.807) is 24.3 Å². The van der Waals surface area contributed by atoms with E-state index in [-0.39, 0.29) is 11.7 Å². The van der Waals surface area contributed by atoms with E-state index in [0.29, 0.717) is 16.4 Å². The predicted molar refractivity (Wildman–Crippen MR) is 101 cm³/mol. The standard InChI is InChI=1S/C17H14BrN3O3S/c1-24-16(23)10-3-2-4-12(7-10)19-15(22)9-25-17-20-13-6-5-11(18)8-14(13)21-17/h2-8H,9H2,1H3,(H,19,22)(H,20,21). The number of nitrogens with zero attached hydrogens (tertiary/aromatic N) is 1. The highest BCUT2D eigenvalue weighted by atomic mass is 79.9. The Morgan fingerprint density at radius 1 is 1.28 bits per heavy atom. The van der Waals surface area contributed by atoms with E-state index >= 15 is 0 Å². The summed E-state index contributed by atoms with van der Waals surface area (Å²) in [5.74, 6) is -0.434. The van der Waals surface area contributed by atoms with Crippen molar-refractivity contribution in [2.24, 2.45) is 0 Å². The molecule has 2 N–H and O–H groups in total. The molecule has 6 nitrogen and oxygen atoms in total. The lowest BCUT2D eigenvalue weighted by atomic mass is 10.2. The van der Waals surface area contributed by atoms with Gasteiger partial charge >= 0.3 is 5.97 Å². The van der Waals surface area contributed by atoms with Gasteiger partial charge in [0.15, 0.2) is 5.16 Å². The first-order valence-electron chi connectivity index (χ1n) is 7.31. The molecule has 3 rings (SSSR count). The molecule has 0 saturated heterocycles. The molecule has 0 fully saturated rings. The Kier molecular flexibility index (Phi) is 5.40. The average Bonchev–Trinajstić information content (AvgIpc) is 3.01. The van der Waals surface area contributed by atoms with Gasteiger partial charge in [0, 0.05) is 10.2 Å². The van der Waals surface area contributed by atoms with Gasteiger partial charge in [-0.3, -0.25) is 4.79 Å². The molecule has 0 unspecified atom stereocenters. The monoisotopic (exact) mass is 419 g/mol. The number of esters is 1. The number of imidazole rings is 1. The van der Waals surface area contributed by atoms with Crippen LogP contribution in [-0.2, 0) is 9.53 Å². The minimum absolute atomic E-state index is 0.186. The maximum Gasteiger partial charge on any atom is 0.337 e. The predicted octanol–water partition coefficient (Wildman–Crippen LogP) is 3.84. The van der Waals surface area contributed by atoms with Crippen LogP contribution in [0.25, 0.3) is 11.0 Å². The molecule has 0 atom stereocenters. The molecule has 0 aliphatic rings. The largest absolute Gasteiger partial charge is 0.465 e. The quantitative estimate of drug-likeness (QED) is 0.484. The highest BCUT2D eigenvalue weighted by Crippen LogP contribution is 2.22. The number of aromatic nitrogens is 2. The van der Waals surface area contributed by atoms with E-state index in [2.05, 4.69) is 36.0 Å². The lowest BCUT2D eigenvalue weighted by Crippen LogP contribution is -2.14. The van der Waals surface area contributed by atoms with Crippen LogP contribution in [0.2, 0.25) is 0 Å². The minimum atomic E-state index is -0.445. The topological polar surface area (TPSA) is 84.1 Å². The van der Waals surface area contributed by atoms with Crippen LogP contribution < -0.4 is 5.32 Å². The molecule has 0 radical (unpaired) electrons. The van der Waals surface area contributed by atoms with Crippen LogP contribution in [0.15, 0.2) is 52.1 Å². The molecule has 1 heterocycles. The van der Waals surface area contributed by atoms with Gasteiger partial charge in [0.2, 0.25) is 5.91 Å². The molecule has 1 amide bonds. The number of carbonyl (C=O) groups excluding carboxylic acids is 2. The van der Waals surface area contributed by atoms with Crippen LogP contribution in [-0.4, -0.2) is 34.7 Å². The third-order valence-corrected chi connectivity index (χ3v) is 4.70. The fourth-order valence-electron chi connectivity index (χ4n) is 2.20. The number of thioether (sulfide) groups is 1. The summed E-state index contributed by atoms with van der Waals surface area (Å²) in [5.41, 5.74) is 2.68. The van der Waals surface area contributed by atoms with Crippen LogP contribution in [0, 0.1) is 0 Å². The van der Waals surface area contributed by atoms with E-state index in [9.17, 15) is 9.59 Å². The second kappa shape index (κ2) is 7.71. The van der Waals surface area contributed by atoms with Crippen molar-refractivity contribution in [1.82, 2.24) is 9.97 Å². The van der Waals surface area contributed by atoms with Crippen LogP contribution in [0.3, 0.4) is 0 Å². The third kappa shape index (κ3) is 4.40. The van der Waals surface area contributed by atoms with E-state index in [4.69, 9.17) is 0 Å². The number of hydrogen-bond donors (Lipinski definition) is 2. The normalized spacial score (nSPS) is 10.6. The molecule has 25 heavy (non-hydrogen) atoms. The maximum absolute atomic E-state index is 12.1. The number of ether oxygens (including phenoxy) is 1. The molecular weight excluding hydrogens is 406 g/mol. The molecule has 0 spiro atoms. The summed E-state index contributed by atoms with van der Waals surface area (Å²) in [6.07, 6.45) is 0. The Bertz CT molecular complexity index is 942. The summed E-state index contributed by atoms with van der Waals surface area (Å²) in [6, 6.07) is 12.4. The Morgan fingerprint density at radius 2 is 2.12 bits per heavy atom. The van der Waals surface area contributed by atoms with Gasteiger partial charge in [0.1, 0.15) is 0 Å². The number of benzene rings is 2. The fraction of sp³-hybridized carbons (Fsp3) is 0.118. The number of aromatic amines is 1. The first-order chi connectivity index (χ1) is 12.0. The number of H-pyrrole nitrogens is 1. The van der Waals surface area contributed by atoms with Gasteiger partial charge in [-0.05, 0) is 36.4 Å². The minimum Gasteiger partial charge on any atom is -0.465 e. The van der Waals surface area contributed by atoms with Gasteiger partial charge in [0.05, 0.1) is 29.5 Å². The SMILES string of the molecule is COC(=O)c1cccc(NC(=O)CSc2nc3ccc(Br)cc3[nH]2)c1. The summed E-state index contributed by atoms with van der Waals surface area (Å²) in [5, 5.41) is 3.43. The van der Waals surface area contributed by atoms with Crippen molar-refractivity contribution in [3.63, 3.8) is 0 Å². The van der Waals surface area contributed by atoms with Crippen molar-refractivity contribution in [3.8, 4) is 0 Å². The van der Waals surface area contributed by atoms with Gasteiger partial charge in [0.25, 0.3) is 0 Å². The van der Waals surface area contributed by atoms with E-state index < -0.39 is 5.97 Å². The molecule has 128 valence electrons. The fourth-order valence-corrected chi connectivity index (χ4v) is 3.25. The van der Waals surface area contributed by atoms with Crippen LogP contribution in [0.1, 0.15) is 10.4 Å². The molecule has 3 aromatic rings. The van der Waals surface area contributed by atoms with Gasteiger partial charge < -0.3 is 15.0 Å². The van der Waals surface area contributed by atoms with Crippen LogP contribution in [0.5, 0.6) is 0 Å². The van der Waals surface area contributed by atoms with Crippen molar-refractivity contribution >= 4 is 56.3 Å². The number of halogens is 1. The first kappa shape index (κ1) is 17.5. The van der Waals surface area contributed by atoms with Crippen molar-refractivity contribution in [1.29, 1.82) is 0 Å². The molecule has 0 saturated carbocycles. The van der Waals surface area contributed by atoms with Gasteiger partial charge in [-0.15, -0.1) is 0 Å². The van der Waals surface area contributed by atoms with Gasteiger partial charge in [-0.2, -0.15) is 0 Å². The summed E-state index contributed by atoms with van der Waals surface area (Å²) in [7, 11) is 1.32. The summed E-state index contributed by atoms with van der Waals surface area (Å²) < 4.78 is 5.63. The van der Waals surface area contributed by atoms with Crippen LogP contribution in [0.4, 0.5) is 5.69 Å². The molecule has 2 aromatic carbocycles. The molecule has 0 aliphatic heterocycles. The number of rotatable bonds is 5. The van der Waals surface area contributed by atoms with Crippen molar-refractivity contribution in [3.05, 3.63) is 52.5 Å². The number of amides is 1. The Morgan fingerprint density at radius 3 is 2.92 bits per heavy atom. The zero-order chi connectivity index (χ0) is 17.8. The van der Waals surface area contributed by atoms with Gasteiger partial charge in [-0.1, -0.05) is 33.8 Å². The van der Waals surface area contributed by atoms with E-state index in [1.807, 2.05) is 18.2 Å². The zero-order valence-corrected chi connectivity index (χ0v) is 15.6. The number of nitrogens with one attached hydrogen (secondary N) is 2.